The Labute approximate surface area is 105 Å². The normalized spacial score (nSPS) is 11.4. The minimum atomic E-state index is -3.68. The molecule has 4 N–H and O–H groups in total. The smallest absolute Gasteiger partial charge is 0.238 e. The summed E-state index contributed by atoms with van der Waals surface area (Å²) in [7, 11) is -3.68. The highest BCUT2D eigenvalue weighted by atomic mass is 32.2. The Kier molecular flexibility index (Phi) is 3.35. The van der Waals surface area contributed by atoms with Gasteiger partial charge in [-0.1, -0.05) is 6.07 Å². The van der Waals surface area contributed by atoms with Crippen LogP contribution in [0.1, 0.15) is 11.4 Å². The van der Waals surface area contributed by atoms with Crippen LogP contribution in [0.3, 0.4) is 0 Å². The standard InChI is InChI=1S/C11H14N4O2S/c1-8-2-3-9(18(12,16)17)6-10(8)15-7-11-13-4-5-14-11/h2-6,15H,7H2,1H3,(H,13,14)(H2,12,16,17). The van der Waals surface area contributed by atoms with E-state index in [0.717, 1.165) is 17.1 Å². The number of aromatic amines is 1. The van der Waals surface area contributed by atoms with Crippen LogP contribution in [-0.4, -0.2) is 18.4 Å². The van der Waals surface area contributed by atoms with Crippen molar-refractivity contribution in [1.29, 1.82) is 0 Å². The van der Waals surface area contributed by atoms with Crippen molar-refractivity contribution in [3.05, 3.63) is 42.0 Å². The summed E-state index contributed by atoms with van der Waals surface area (Å²) in [5.74, 6) is 0.774. The Balaban J connectivity index is 2.22. The van der Waals surface area contributed by atoms with Gasteiger partial charge in [0.05, 0.1) is 11.4 Å². The molecule has 18 heavy (non-hydrogen) atoms. The first-order valence-corrected chi connectivity index (χ1v) is 6.87. The molecule has 0 spiro atoms. The van der Waals surface area contributed by atoms with Crippen LogP contribution in [0, 0.1) is 6.92 Å². The molecular formula is C11H14N4O2S. The van der Waals surface area contributed by atoms with E-state index in [2.05, 4.69) is 15.3 Å². The van der Waals surface area contributed by atoms with Crippen LogP contribution in [0.15, 0.2) is 35.5 Å². The number of hydrogen-bond donors (Lipinski definition) is 3. The molecule has 2 rings (SSSR count). The van der Waals surface area contributed by atoms with Gasteiger partial charge in [0.25, 0.3) is 0 Å². The lowest BCUT2D eigenvalue weighted by Gasteiger charge is -2.09. The molecular weight excluding hydrogens is 252 g/mol. The van der Waals surface area contributed by atoms with Crippen LogP contribution in [-0.2, 0) is 16.6 Å². The fraction of sp³-hybridized carbons (Fsp3) is 0.182. The molecule has 6 nitrogen and oxygen atoms in total. The van der Waals surface area contributed by atoms with E-state index < -0.39 is 10.0 Å². The Hall–Kier alpha value is -1.86. The summed E-state index contributed by atoms with van der Waals surface area (Å²) in [6.07, 6.45) is 3.38. The molecule has 0 saturated heterocycles. The van der Waals surface area contributed by atoms with Crippen molar-refractivity contribution in [1.82, 2.24) is 9.97 Å². The number of anilines is 1. The number of aromatic nitrogens is 2. The Morgan fingerprint density at radius 2 is 2.22 bits per heavy atom. The third kappa shape index (κ3) is 2.88. The van der Waals surface area contributed by atoms with Gasteiger partial charge in [-0.2, -0.15) is 0 Å². The zero-order valence-electron chi connectivity index (χ0n) is 9.84. The molecule has 0 saturated carbocycles. The van der Waals surface area contributed by atoms with Gasteiger partial charge in [0.2, 0.25) is 10.0 Å². The molecule has 0 aliphatic heterocycles. The molecule has 1 aromatic carbocycles. The molecule has 0 bridgehead atoms. The maximum Gasteiger partial charge on any atom is 0.238 e. The van der Waals surface area contributed by atoms with Crippen LogP contribution in [0.25, 0.3) is 0 Å². The Bertz CT molecular complexity index is 635. The van der Waals surface area contributed by atoms with Gasteiger partial charge in [0, 0.05) is 18.1 Å². The predicted octanol–water partition coefficient (Wildman–Crippen LogP) is 0.978. The van der Waals surface area contributed by atoms with Gasteiger partial charge in [-0.05, 0) is 24.6 Å². The topological polar surface area (TPSA) is 101 Å². The number of nitrogens with zero attached hydrogens (tertiary/aromatic N) is 1. The average Bonchev–Trinajstić information content (AvgIpc) is 2.79. The lowest BCUT2D eigenvalue weighted by Crippen LogP contribution is -2.13. The van der Waals surface area contributed by atoms with Crippen LogP contribution in [0.5, 0.6) is 0 Å². The third-order valence-corrected chi connectivity index (χ3v) is 3.45. The number of sulfonamides is 1. The summed E-state index contributed by atoms with van der Waals surface area (Å²) in [5.41, 5.74) is 1.66. The maximum atomic E-state index is 11.3. The average molecular weight is 266 g/mol. The van der Waals surface area contributed by atoms with Gasteiger partial charge in [-0.3, -0.25) is 0 Å². The van der Waals surface area contributed by atoms with Crippen molar-refractivity contribution >= 4 is 15.7 Å². The highest BCUT2D eigenvalue weighted by molar-refractivity contribution is 7.89. The highest BCUT2D eigenvalue weighted by Gasteiger charge is 2.09. The van der Waals surface area contributed by atoms with Gasteiger partial charge in [0.1, 0.15) is 5.82 Å². The molecule has 0 aliphatic carbocycles. The van der Waals surface area contributed by atoms with Gasteiger partial charge >= 0.3 is 0 Å². The number of benzene rings is 1. The molecule has 0 amide bonds. The number of rotatable bonds is 4. The van der Waals surface area contributed by atoms with Crippen molar-refractivity contribution in [3.8, 4) is 0 Å². The lowest BCUT2D eigenvalue weighted by molar-refractivity contribution is 0.598. The lowest BCUT2D eigenvalue weighted by atomic mass is 10.2. The first-order valence-electron chi connectivity index (χ1n) is 5.32. The van der Waals surface area contributed by atoms with E-state index in [1.807, 2.05) is 6.92 Å². The van der Waals surface area contributed by atoms with E-state index >= 15 is 0 Å². The number of imidazole rings is 1. The van der Waals surface area contributed by atoms with Crippen LogP contribution in [0.2, 0.25) is 0 Å². The van der Waals surface area contributed by atoms with Crippen molar-refractivity contribution in [3.63, 3.8) is 0 Å². The summed E-state index contributed by atoms with van der Waals surface area (Å²) in [5, 5.41) is 8.21. The fourth-order valence-corrected chi connectivity index (χ4v) is 2.08. The third-order valence-electron chi connectivity index (χ3n) is 2.54. The van der Waals surface area contributed by atoms with E-state index in [-0.39, 0.29) is 4.90 Å². The molecule has 1 aromatic heterocycles. The number of nitrogens with two attached hydrogens (primary N) is 1. The van der Waals surface area contributed by atoms with Crippen LogP contribution in [0.4, 0.5) is 5.69 Å². The minimum Gasteiger partial charge on any atom is -0.378 e. The Morgan fingerprint density at radius 3 is 2.83 bits per heavy atom. The monoisotopic (exact) mass is 266 g/mol. The first-order chi connectivity index (χ1) is 8.47. The van der Waals surface area contributed by atoms with Gasteiger partial charge in [0.15, 0.2) is 0 Å². The maximum absolute atomic E-state index is 11.3. The summed E-state index contributed by atoms with van der Waals surface area (Å²) in [6, 6.07) is 4.72. The summed E-state index contributed by atoms with van der Waals surface area (Å²) < 4.78 is 22.5. The van der Waals surface area contributed by atoms with Gasteiger partial charge < -0.3 is 10.3 Å². The molecule has 0 atom stereocenters. The number of H-pyrrole nitrogens is 1. The molecule has 0 radical (unpaired) electrons. The van der Waals surface area contributed by atoms with E-state index in [4.69, 9.17) is 5.14 Å². The van der Waals surface area contributed by atoms with E-state index in [1.165, 1.54) is 12.1 Å². The zero-order chi connectivity index (χ0) is 13.2. The Morgan fingerprint density at radius 1 is 1.44 bits per heavy atom. The van der Waals surface area contributed by atoms with Gasteiger partial charge in [-0.15, -0.1) is 0 Å². The van der Waals surface area contributed by atoms with Crippen molar-refractivity contribution in [2.45, 2.75) is 18.4 Å². The highest BCUT2D eigenvalue weighted by Crippen LogP contribution is 2.19. The molecule has 1 heterocycles. The predicted molar refractivity (Wildman–Crippen MR) is 68.5 cm³/mol. The largest absolute Gasteiger partial charge is 0.378 e. The SMILES string of the molecule is Cc1ccc(S(N)(=O)=O)cc1NCc1ncc[nH]1. The van der Waals surface area contributed by atoms with Crippen molar-refractivity contribution in [2.75, 3.05) is 5.32 Å². The van der Waals surface area contributed by atoms with Gasteiger partial charge in [-0.25, -0.2) is 18.5 Å². The van der Waals surface area contributed by atoms with E-state index in [0.29, 0.717) is 6.54 Å². The van der Waals surface area contributed by atoms with Crippen molar-refractivity contribution < 1.29 is 8.42 Å². The first kappa shape index (κ1) is 12.6. The quantitative estimate of drug-likeness (QED) is 0.767. The van der Waals surface area contributed by atoms with Crippen molar-refractivity contribution in [2.24, 2.45) is 5.14 Å². The second kappa shape index (κ2) is 4.79. The number of primary sulfonamides is 1. The number of nitrogens with one attached hydrogen (secondary N) is 2. The summed E-state index contributed by atoms with van der Waals surface area (Å²) >= 11 is 0. The van der Waals surface area contributed by atoms with Crippen LogP contribution < -0.4 is 10.5 Å². The molecule has 0 aliphatic rings. The molecule has 96 valence electrons. The van der Waals surface area contributed by atoms with E-state index in [1.54, 1.807) is 18.5 Å². The zero-order valence-corrected chi connectivity index (χ0v) is 10.7. The fourth-order valence-electron chi connectivity index (χ4n) is 1.54. The number of aryl methyl sites for hydroxylation is 1. The minimum absolute atomic E-state index is 0.0926. The van der Waals surface area contributed by atoms with Crippen LogP contribution >= 0.6 is 0 Å². The molecule has 0 unspecified atom stereocenters. The second-order valence-corrected chi connectivity index (χ2v) is 5.47. The molecule has 7 heteroatoms. The van der Waals surface area contributed by atoms with E-state index in [9.17, 15) is 8.42 Å². The second-order valence-electron chi connectivity index (χ2n) is 3.91. The molecule has 2 aromatic rings. The number of hydrogen-bond acceptors (Lipinski definition) is 4. The molecule has 0 fully saturated rings. The summed E-state index contributed by atoms with van der Waals surface area (Å²) in [6.45, 7) is 2.37. The summed E-state index contributed by atoms with van der Waals surface area (Å²) in [4.78, 5) is 7.12.